The third-order valence-electron chi connectivity index (χ3n) is 7.29. The number of nitrogens with zero attached hydrogens (tertiary/aromatic N) is 2. The lowest BCUT2D eigenvalue weighted by atomic mass is 10.0. The summed E-state index contributed by atoms with van der Waals surface area (Å²) in [6, 6.07) is 10.9. The fourth-order valence-electron chi connectivity index (χ4n) is 5.19. The van der Waals surface area contributed by atoms with Gasteiger partial charge >= 0.3 is 0 Å². The molecule has 0 unspecified atom stereocenters. The molecule has 0 saturated carbocycles. The van der Waals surface area contributed by atoms with Gasteiger partial charge in [-0.1, -0.05) is 0 Å². The molecule has 0 radical (unpaired) electrons. The van der Waals surface area contributed by atoms with Crippen molar-refractivity contribution in [2.24, 2.45) is 5.92 Å². The second-order valence-electron chi connectivity index (χ2n) is 9.93. The van der Waals surface area contributed by atoms with Crippen molar-refractivity contribution in [3.8, 4) is 5.75 Å². The Morgan fingerprint density at radius 2 is 1.76 bits per heavy atom. The van der Waals surface area contributed by atoms with Crippen LogP contribution in [0, 0.1) is 11.7 Å². The van der Waals surface area contributed by atoms with E-state index in [1.807, 2.05) is 12.1 Å². The van der Waals surface area contributed by atoms with Crippen LogP contribution in [0.4, 0.5) is 10.1 Å². The molecule has 3 aliphatic rings. The van der Waals surface area contributed by atoms with E-state index in [9.17, 15) is 18.8 Å². The Morgan fingerprint density at radius 3 is 2.55 bits per heavy atom. The Labute approximate surface area is 221 Å². The van der Waals surface area contributed by atoms with Gasteiger partial charge in [0.1, 0.15) is 11.6 Å². The normalized spacial score (nSPS) is 22.9. The van der Waals surface area contributed by atoms with E-state index in [1.54, 1.807) is 17.0 Å². The van der Waals surface area contributed by atoms with Crippen LogP contribution < -0.4 is 20.3 Å². The summed E-state index contributed by atoms with van der Waals surface area (Å²) < 4.78 is 25.1. The van der Waals surface area contributed by atoms with E-state index in [1.165, 1.54) is 12.1 Å². The van der Waals surface area contributed by atoms with Crippen molar-refractivity contribution in [2.45, 2.75) is 25.3 Å². The number of anilines is 1. The number of likely N-dealkylation sites (tertiary alicyclic amines) is 1. The molecule has 2 aromatic rings. The molecule has 3 heterocycles. The van der Waals surface area contributed by atoms with Crippen LogP contribution in [-0.2, 0) is 9.53 Å². The molecule has 2 atom stereocenters. The fraction of sp³-hybridized carbons (Fsp3) is 0.464. The molecule has 0 aliphatic carbocycles. The van der Waals surface area contributed by atoms with E-state index < -0.39 is 23.7 Å². The Bertz CT molecular complexity index is 1170. The van der Waals surface area contributed by atoms with Gasteiger partial charge in [-0.25, -0.2) is 4.39 Å². The van der Waals surface area contributed by atoms with E-state index in [4.69, 9.17) is 9.47 Å². The number of nitrogens with one attached hydrogen (secondary N) is 2. The number of amides is 3. The van der Waals surface area contributed by atoms with Crippen LogP contribution in [0.1, 0.15) is 40.0 Å². The predicted octanol–water partition coefficient (Wildman–Crippen LogP) is 2.21. The zero-order valence-corrected chi connectivity index (χ0v) is 21.3. The van der Waals surface area contributed by atoms with Crippen LogP contribution in [-0.4, -0.2) is 81.2 Å². The molecule has 0 aromatic heterocycles. The van der Waals surface area contributed by atoms with Crippen molar-refractivity contribution in [3.63, 3.8) is 0 Å². The topological polar surface area (TPSA) is 100 Å². The molecule has 5 rings (SSSR count). The number of fused-ring (bicyclic) bond motifs is 4. The van der Waals surface area contributed by atoms with Crippen molar-refractivity contribution >= 4 is 23.4 Å². The standard InChI is InChI=1S/C28H33FN4O5/c29-21-5-9-25-24(16-21)27(35)31-22-6-2-20(26(34)30-10-1-13-38-25)17-33(18-22)28(36)19-3-7-23(8-4-19)32-11-14-37-15-12-32/h3-5,7-9,16,20,22H,1-2,6,10-15,17-18H2,(H,30,34)(H,31,35)/t20-,22+/m0/s1. The van der Waals surface area contributed by atoms with Gasteiger partial charge < -0.3 is 29.9 Å². The minimum atomic E-state index is -0.533. The monoisotopic (exact) mass is 524 g/mol. The van der Waals surface area contributed by atoms with Crippen LogP contribution >= 0.6 is 0 Å². The molecular formula is C28H33FN4O5. The SMILES string of the molecule is O=C1N[C@@H]2CC[C@@H](CN(C(=O)c3ccc(N4CCOCC4)cc3)C2)C(=O)NCCCOc2ccc(F)cc21. The summed E-state index contributed by atoms with van der Waals surface area (Å²) >= 11 is 0. The van der Waals surface area contributed by atoms with E-state index in [0.717, 1.165) is 24.8 Å². The molecule has 0 spiro atoms. The smallest absolute Gasteiger partial charge is 0.255 e. The lowest BCUT2D eigenvalue weighted by Crippen LogP contribution is -2.46. The minimum Gasteiger partial charge on any atom is -0.493 e. The Morgan fingerprint density at radius 1 is 0.974 bits per heavy atom. The van der Waals surface area contributed by atoms with Gasteiger partial charge in [-0.2, -0.15) is 0 Å². The molecule has 2 aromatic carbocycles. The molecular weight excluding hydrogens is 491 g/mol. The number of hydrogen-bond acceptors (Lipinski definition) is 6. The molecule has 9 nitrogen and oxygen atoms in total. The van der Waals surface area contributed by atoms with Gasteiger partial charge in [-0.15, -0.1) is 0 Å². The van der Waals surface area contributed by atoms with Crippen molar-refractivity contribution in [1.82, 2.24) is 15.5 Å². The van der Waals surface area contributed by atoms with E-state index in [-0.39, 0.29) is 42.8 Å². The molecule has 10 heteroatoms. The average Bonchev–Trinajstić information content (AvgIpc) is 3.16. The number of morpholine rings is 1. The van der Waals surface area contributed by atoms with Gasteiger partial charge in [0.2, 0.25) is 5.91 Å². The molecule has 2 N–H and O–H groups in total. The fourth-order valence-corrected chi connectivity index (χ4v) is 5.19. The maximum Gasteiger partial charge on any atom is 0.255 e. The first-order valence-electron chi connectivity index (χ1n) is 13.2. The zero-order valence-electron chi connectivity index (χ0n) is 21.3. The molecule has 202 valence electrons. The number of hydrogen-bond donors (Lipinski definition) is 2. The van der Waals surface area contributed by atoms with Crippen LogP contribution in [0.2, 0.25) is 0 Å². The Kier molecular flexibility index (Phi) is 8.07. The number of carbonyl (C=O) groups excluding carboxylic acids is 3. The second-order valence-corrected chi connectivity index (χ2v) is 9.93. The molecule has 2 saturated heterocycles. The van der Waals surface area contributed by atoms with Crippen molar-refractivity contribution in [1.29, 1.82) is 0 Å². The van der Waals surface area contributed by atoms with Crippen LogP contribution in [0.5, 0.6) is 5.75 Å². The predicted molar refractivity (Wildman–Crippen MR) is 139 cm³/mol. The molecule has 38 heavy (non-hydrogen) atoms. The lowest BCUT2D eigenvalue weighted by molar-refractivity contribution is -0.125. The van der Waals surface area contributed by atoms with Gasteiger partial charge in [-0.05, 0) is 61.7 Å². The Hall–Kier alpha value is -3.66. The maximum atomic E-state index is 14.0. The van der Waals surface area contributed by atoms with Crippen LogP contribution in [0.15, 0.2) is 42.5 Å². The third-order valence-corrected chi connectivity index (χ3v) is 7.29. The lowest BCUT2D eigenvalue weighted by Gasteiger charge is -2.29. The second kappa shape index (κ2) is 11.8. The largest absolute Gasteiger partial charge is 0.493 e. The van der Waals surface area contributed by atoms with Gasteiger partial charge in [0.25, 0.3) is 11.8 Å². The van der Waals surface area contributed by atoms with E-state index in [2.05, 4.69) is 15.5 Å². The molecule has 2 fully saturated rings. The van der Waals surface area contributed by atoms with Crippen molar-refractivity contribution in [3.05, 3.63) is 59.4 Å². The number of carbonyl (C=O) groups is 3. The van der Waals surface area contributed by atoms with E-state index in [0.29, 0.717) is 44.6 Å². The average molecular weight is 525 g/mol. The summed E-state index contributed by atoms with van der Waals surface area (Å²) in [5.74, 6) is -1.43. The molecule has 2 bridgehead atoms. The Balaban J connectivity index is 1.37. The first-order valence-corrected chi connectivity index (χ1v) is 13.2. The summed E-state index contributed by atoms with van der Waals surface area (Å²) in [6.07, 6.45) is 1.55. The summed E-state index contributed by atoms with van der Waals surface area (Å²) in [7, 11) is 0. The summed E-state index contributed by atoms with van der Waals surface area (Å²) in [4.78, 5) is 43.6. The number of ether oxygens (including phenoxy) is 2. The highest BCUT2D eigenvalue weighted by Gasteiger charge is 2.32. The first-order chi connectivity index (χ1) is 18.5. The molecule has 3 aliphatic heterocycles. The highest BCUT2D eigenvalue weighted by molar-refractivity contribution is 5.97. The van der Waals surface area contributed by atoms with Crippen LogP contribution in [0.25, 0.3) is 0 Å². The van der Waals surface area contributed by atoms with Gasteiger partial charge in [0.05, 0.1) is 31.3 Å². The van der Waals surface area contributed by atoms with Crippen molar-refractivity contribution < 1.29 is 28.2 Å². The molecule has 3 amide bonds. The third kappa shape index (κ3) is 6.07. The van der Waals surface area contributed by atoms with Gasteiger partial charge in [-0.3, -0.25) is 14.4 Å². The zero-order chi connectivity index (χ0) is 26.5. The highest BCUT2D eigenvalue weighted by Crippen LogP contribution is 2.24. The first kappa shape index (κ1) is 26.0. The number of benzene rings is 2. The van der Waals surface area contributed by atoms with Crippen molar-refractivity contribution in [2.75, 3.05) is 57.4 Å². The summed E-state index contributed by atoms with van der Waals surface area (Å²) in [5.41, 5.74) is 1.66. The van der Waals surface area contributed by atoms with Gasteiger partial charge in [0.15, 0.2) is 0 Å². The maximum absolute atomic E-state index is 14.0. The highest BCUT2D eigenvalue weighted by atomic mass is 19.1. The number of rotatable bonds is 2. The number of halogens is 1. The minimum absolute atomic E-state index is 0.114. The quantitative estimate of drug-likeness (QED) is 0.625. The summed E-state index contributed by atoms with van der Waals surface area (Å²) in [5, 5.41) is 5.91. The van der Waals surface area contributed by atoms with Gasteiger partial charge in [0, 0.05) is 50.0 Å². The van der Waals surface area contributed by atoms with Crippen LogP contribution in [0.3, 0.4) is 0 Å². The van der Waals surface area contributed by atoms with E-state index >= 15 is 0 Å². The summed E-state index contributed by atoms with van der Waals surface area (Å²) in [6.45, 7) is 4.12.